The Kier molecular flexibility index (Phi) is 5.65. The van der Waals surface area contributed by atoms with Crippen LogP contribution in [0.15, 0.2) is 64.2 Å². The van der Waals surface area contributed by atoms with Gasteiger partial charge in [-0.2, -0.15) is 4.98 Å². The fraction of sp³-hybridized carbons (Fsp3) is 0.269. The lowest BCUT2D eigenvalue weighted by molar-refractivity contribution is 0.698. The third-order valence-electron chi connectivity index (χ3n) is 6.34. The topological polar surface area (TPSA) is 66.2 Å². The Morgan fingerprint density at radius 1 is 0.941 bits per heavy atom. The molecule has 0 saturated carbocycles. The average Bonchev–Trinajstić information content (AvgIpc) is 3.37. The number of imidazole rings is 2. The lowest BCUT2D eigenvalue weighted by Crippen LogP contribution is -2.37. The molecule has 5 rings (SSSR count). The van der Waals surface area contributed by atoms with E-state index in [9.17, 15) is 9.59 Å². The summed E-state index contributed by atoms with van der Waals surface area (Å²) < 4.78 is 6.57. The summed E-state index contributed by atoms with van der Waals surface area (Å²) in [4.78, 5) is 30.9. The van der Waals surface area contributed by atoms with Gasteiger partial charge in [0, 0.05) is 24.7 Å². The van der Waals surface area contributed by atoms with Crippen molar-refractivity contribution in [3.8, 4) is 16.9 Å². The van der Waals surface area contributed by atoms with Gasteiger partial charge in [0.2, 0.25) is 5.78 Å². The number of aryl methyl sites for hydroxylation is 2. The zero-order valence-corrected chi connectivity index (χ0v) is 20.2. The van der Waals surface area contributed by atoms with Crippen molar-refractivity contribution in [3.05, 3.63) is 86.2 Å². The third kappa shape index (κ3) is 3.39. The van der Waals surface area contributed by atoms with E-state index in [2.05, 4.69) is 19.1 Å². The van der Waals surface area contributed by atoms with Crippen LogP contribution in [0, 0.1) is 0 Å². The largest absolute Gasteiger partial charge is 0.332 e. The lowest BCUT2D eigenvalue weighted by atomic mass is 10.1. The number of fused-ring (bicyclic) bond motifs is 3. The van der Waals surface area contributed by atoms with Gasteiger partial charge in [-0.3, -0.25) is 22.9 Å². The fourth-order valence-electron chi connectivity index (χ4n) is 4.65. The normalized spacial score (nSPS) is 11.6. The highest BCUT2D eigenvalue weighted by atomic mass is 35.5. The van der Waals surface area contributed by atoms with Crippen LogP contribution in [0.25, 0.3) is 33.9 Å². The van der Waals surface area contributed by atoms with Gasteiger partial charge in [-0.15, -0.1) is 0 Å². The zero-order valence-electron chi connectivity index (χ0n) is 19.5. The van der Waals surface area contributed by atoms with E-state index in [0.717, 1.165) is 52.9 Å². The second-order valence-electron chi connectivity index (χ2n) is 8.56. The van der Waals surface area contributed by atoms with Crippen LogP contribution in [0.1, 0.15) is 31.9 Å². The van der Waals surface area contributed by atoms with Gasteiger partial charge in [0.05, 0.1) is 17.1 Å². The van der Waals surface area contributed by atoms with Crippen LogP contribution in [-0.4, -0.2) is 23.1 Å². The molecule has 3 aromatic heterocycles. The summed E-state index contributed by atoms with van der Waals surface area (Å²) >= 11 is 6.38. The average molecular weight is 476 g/mol. The molecule has 5 aromatic rings. The van der Waals surface area contributed by atoms with Crippen LogP contribution in [0.5, 0.6) is 0 Å². The van der Waals surface area contributed by atoms with Gasteiger partial charge in [0.25, 0.3) is 5.56 Å². The predicted molar refractivity (Wildman–Crippen MR) is 136 cm³/mol. The SMILES string of the molecule is CCCCCc1c(-c2ccccc2)n(-c2cccc(Cl)c2)c2nc3c(c(=O)n(C)c(=O)n3C)n12. The summed E-state index contributed by atoms with van der Waals surface area (Å²) in [6.45, 7) is 2.17. The number of nitrogens with zero attached hydrogens (tertiary/aromatic N) is 5. The molecule has 0 unspecified atom stereocenters. The van der Waals surface area contributed by atoms with Crippen LogP contribution in [0.3, 0.4) is 0 Å². The van der Waals surface area contributed by atoms with Gasteiger partial charge in [-0.25, -0.2) is 4.79 Å². The molecule has 0 fully saturated rings. The molecule has 0 amide bonds. The first-order valence-corrected chi connectivity index (χ1v) is 11.8. The van der Waals surface area contributed by atoms with Crippen LogP contribution in [0.4, 0.5) is 0 Å². The van der Waals surface area contributed by atoms with Crippen molar-refractivity contribution in [2.75, 3.05) is 0 Å². The van der Waals surface area contributed by atoms with Crippen LogP contribution in [-0.2, 0) is 20.5 Å². The summed E-state index contributed by atoms with van der Waals surface area (Å²) in [5.74, 6) is 0.584. The van der Waals surface area contributed by atoms with Crippen LogP contribution in [0.2, 0.25) is 5.02 Å². The van der Waals surface area contributed by atoms with E-state index in [1.807, 2.05) is 51.4 Å². The van der Waals surface area contributed by atoms with Crippen LogP contribution >= 0.6 is 11.6 Å². The Morgan fingerprint density at radius 2 is 1.71 bits per heavy atom. The van der Waals surface area contributed by atoms with E-state index in [1.54, 1.807) is 7.05 Å². The minimum absolute atomic E-state index is 0.356. The molecule has 0 radical (unpaired) electrons. The van der Waals surface area contributed by atoms with Crippen molar-refractivity contribution in [1.82, 2.24) is 23.1 Å². The van der Waals surface area contributed by atoms with Crippen molar-refractivity contribution < 1.29 is 0 Å². The molecule has 8 heteroatoms. The molecule has 7 nitrogen and oxygen atoms in total. The molecule has 0 aliphatic rings. The molecule has 0 bridgehead atoms. The summed E-state index contributed by atoms with van der Waals surface area (Å²) in [6.07, 6.45) is 3.89. The van der Waals surface area contributed by atoms with Crippen molar-refractivity contribution in [2.45, 2.75) is 32.6 Å². The Labute approximate surface area is 201 Å². The molecule has 0 aliphatic carbocycles. The standard InChI is InChI=1S/C26H26ClN5O2/c1-4-5-7-15-20-21(17-11-8-6-9-12-17)31(19-14-10-13-18(27)16-19)25-28-23-22(32(20)25)24(33)30(3)26(34)29(23)2/h6,8-14,16H,4-5,7,15H2,1-3H3. The quantitative estimate of drug-likeness (QED) is 0.333. The summed E-state index contributed by atoms with van der Waals surface area (Å²) in [7, 11) is 3.15. The molecule has 34 heavy (non-hydrogen) atoms. The summed E-state index contributed by atoms with van der Waals surface area (Å²) in [6, 6.07) is 17.7. The van der Waals surface area contributed by atoms with E-state index in [0.29, 0.717) is 22.0 Å². The van der Waals surface area contributed by atoms with E-state index in [1.165, 1.54) is 11.6 Å². The van der Waals surface area contributed by atoms with Gasteiger partial charge < -0.3 is 0 Å². The monoisotopic (exact) mass is 475 g/mol. The van der Waals surface area contributed by atoms with E-state index in [4.69, 9.17) is 16.6 Å². The highest BCUT2D eigenvalue weighted by Gasteiger charge is 2.26. The summed E-state index contributed by atoms with van der Waals surface area (Å²) in [5.41, 5.74) is 3.85. The third-order valence-corrected chi connectivity index (χ3v) is 6.57. The number of halogens is 1. The van der Waals surface area contributed by atoms with E-state index >= 15 is 0 Å². The molecule has 0 aliphatic heterocycles. The number of hydrogen-bond donors (Lipinski definition) is 0. The lowest BCUT2D eigenvalue weighted by Gasteiger charge is -2.12. The maximum absolute atomic E-state index is 13.4. The summed E-state index contributed by atoms with van der Waals surface area (Å²) in [5, 5.41) is 0.607. The Bertz CT molecular complexity index is 1640. The van der Waals surface area contributed by atoms with Gasteiger partial charge in [0.1, 0.15) is 0 Å². The molecular weight excluding hydrogens is 450 g/mol. The Hall–Kier alpha value is -3.58. The predicted octanol–water partition coefficient (Wildman–Crippen LogP) is 4.73. The molecule has 3 heterocycles. The second-order valence-corrected chi connectivity index (χ2v) is 9.00. The molecule has 0 atom stereocenters. The first kappa shape index (κ1) is 22.2. The van der Waals surface area contributed by atoms with Gasteiger partial charge in [-0.05, 0) is 31.0 Å². The number of rotatable bonds is 6. The smallest absolute Gasteiger partial charge is 0.279 e. The maximum Gasteiger partial charge on any atom is 0.332 e. The molecule has 0 saturated heterocycles. The highest BCUT2D eigenvalue weighted by Crippen LogP contribution is 2.34. The number of unbranched alkanes of at least 4 members (excludes halogenated alkanes) is 2. The van der Waals surface area contributed by atoms with Crippen molar-refractivity contribution in [3.63, 3.8) is 0 Å². The first-order valence-electron chi connectivity index (χ1n) is 11.5. The minimum Gasteiger partial charge on any atom is -0.279 e. The number of benzene rings is 2. The zero-order chi connectivity index (χ0) is 24.0. The van der Waals surface area contributed by atoms with Gasteiger partial charge in [0.15, 0.2) is 11.2 Å². The fourth-order valence-corrected chi connectivity index (χ4v) is 4.83. The van der Waals surface area contributed by atoms with Crippen LogP contribution < -0.4 is 11.2 Å². The molecule has 2 aromatic carbocycles. The number of aromatic nitrogens is 5. The van der Waals surface area contributed by atoms with Gasteiger partial charge >= 0.3 is 5.69 Å². The van der Waals surface area contributed by atoms with Crippen molar-refractivity contribution in [1.29, 1.82) is 0 Å². The van der Waals surface area contributed by atoms with Crippen molar-refractivity contribution in [2.24, 2.45) is 14.1 Å². The molecule has 0 N–H and O–H groups in total. The van der Waals surface area contributed by atoms with Gasteiger partial charge in [-0.1, -0.05) is 67.8 Å². The Balaban J connectivity index is 2.01. The molecule has 174 valence electrons. The minimum atomic E-state index is -0.400. The molecule has 0 spiro atoms. The Morgan fingerprint density at radius 3 is 2.41 bits per heavy atom. The van der Waals surface area contributed by atoms with E-state index in [-0.39, 0.29) is 5.56 Å². The molecular formula is C26H26ClN5O2. The van der Waals surface area contributed by atoms with E-state index < -0.39 is 5.69 Å². The second kappa shape index (κ2) is 8.65. The maximum atomic E-state index is 13.4. The first-order chi connectivity index (χ1) is 16.4. The van der Waals surface area contributed by atoms with Crippen molar-refractivity contribution >= 4 is 28.5 Å². The highest BCUT2D eigenvalue weighted by molar-refractivity contribution is 6.30. The number of hydrogen-bond acceptors (Lipinski definition) is 3.